The minimum Gasteiger partial charge on any atom is -0.306 e. The number of likely N-dealkylation sites (tertiary alicyclic amines) is 1. The number of piperidine rings is 1. The molecule has 0 saturated carbocycles. The van der Waals surface area contributed by atoms with Gasteiger partial charge in [-0.3, -0.25) is 5.43 Å². The Labute approximate surface area is 89.7 Å². The van der Waals surface area contributed by atoms with Crippen LogP contribution < -0.4 is 11.3 Å². The van der Waals surface area contributed by atoms with Gasteiger partial charge in [-0.05, 0) is 39.0 Å². The van der Waals surface area contributed by atoms with Gasteiger partial charge in [-0.15, -0.1) is 0 Å². The quantitative estimate of drug-likeness (QED) is 0.548. The summed E-state index contributed by atoms with van der Waals surface area (Å²) in [4.78, 5) is 10.7. The SMILES string of the molecule is CN1CCC(c2ccnc(NN)n2)CC1. The number of rotatable bonds is 2. The minimum atomic E-state index is 0.506. The van der Waals surface area contributed by atoms with E-state index in [0.717, 1.165) is 31.6 Å². The molecule has 0 unspecified atom stereocenters. The molecule has 0 aromatic carbocycles. The van der Waals surface area contributed by atoms with Crippen molar-refractivity contribution in [1.29, 1.82) is 0 Å². The number of anilines is 1. The van der Waals surface area contributed by atoms with Crippen LogP contribution in [0.5, 0.6) is 0 Å². The van der Waals surface area contributed by atoms with Crippen molar-refractivity contribution in [3.63, 3.8) is 0 Å². The second-order valence-corrected chi connectivity index (χ2v) is 4.03. The summed E-state index contributed by atoms with van der Waals surface area (Å²) >= 11 is 0. The van der Waals surface area contributed by atoms with Crippen molar-refractivity contribution >= 4 is 5.95 Å². The van der Waals surface area contributed by atoms with E-state index in [9.17, 15) is 0 Å². The van der Waals surface area contributed by atoms with Crippen molar-refractivity contribution in [3.8, 4) is 0 Å². The van der Waals surface area contributed by atoms with Crippen molar-refractivity contribution in [2.24, 2.45) is 5.84 Å². The Kier molecular flexibility index (Phi) is 3.13. The van der Waals surface area contributed by atoms with Crippen LogP contribution in [0.2, 0.25) is 0 Å². The van der Waals surface area contributed by atoms with Crippen LogP contribution in [0.15, 0.2) is 12.3 Å². The fourth-order valence-corrected chi connectivity index (χ4v) is 1.97. The largest absolute Gasteiger partial charge is 0.306 e. The summed E-state index contributed by atoms with van der Waals surface area (Å²) in [5, 5.41) is 0. The van der Waals surface area contributed by atoms with Gasteiger partial charge in [0.1, 0.15) is 0 Å². The van der Waals surface area contributed by atoms with Gasteiger partial charge in [0, 0.05) is 17.8 Å². The Morgan fingerprint density at radius 2 is 2.20 bits per heavy atom. The number of aromatic nitrogens is 2. The number of nitrogens with zero attached hydrogens (tertiary/aromatic N) is 3. The van der Waals surface area contributed by atoms with Gasteiger partial charge in [-0.1, -0.05) is 0 Å². The first-order chi connectivity index (χ1) is 7.29. The van der Waals surface area contributed by atoms with E-state index in [1.165, 1.54) is 0 Å². The Bertz CT molecular complexity index is 319. The first kappa shape index (κ1) is 10.3. The molecule has 0 amide bonds. The highest BCUT2D eigenvalue weighted by atomic mass is 15.3. The molecular formula is C10H17N5. The van der Waals surface area contributed by atoms with Gasteiger partial charge in [0.15, 0.2) is 0 Å². The third-order valence-corrected chi connectivity index (χ3v) is 2.94. The summed E-state index contributed by atoms with van der Waals surface area (Å²) < 4.78 is 0. The van der Waals surface area contributed by atoms with E-state index in [-0.39, 0.29) is 0 Å². The third-order valence-electron chi connectivity index (χ3n) is 2.94. The lowest BCUT2D eigenvalue weighted by Crippen LogP contribution is -2.29. The van der Waals surface area contributed by atoms with Crippen LogP contribution in [0.3, 0.4) is 0 Å². The fourth-order valence-electron chi connectivity index (χ4n) is 1.97. The number of nitrogens with one attached hydrogen (secondary N) is 1. The van der Waals surface area contributed by atoms with Crippen molar-refractivity contribution in [3.05, 3.63) is 18.0 Å². The average Bonchev–Trinajstić information content (AvgIpc) is 2.30. The highest BCUT2D eigenvalue weighted by Crippen LogP contribution is 2.25. The zero-order valence-corrected chi connectivity index (χ0v) is 8.98. The van der Waals surface area contributed by atoms with Crippen molar-refractivity contribution < 1.29 is 0 Å². The zero-order chi connectivity index (χ0) is 10.7. The Morgan fingerprint density at radius 3 is 2.87 bits per heavy atom. The molecule has 2 rings (SSSR count). The molecule has 15 heavy (non-hydrogen) atoms. The number of nitrogens with two attached hydrogens (primary N) is 1. The highest BCUT2D eigenvalue weighted by molar-refractivity contribution is 5.24. The van der Waals surface area contributed by atoms with Crippen LogP contribution >= 0.6 is 0 Å². The fraction of sp³-hybridized carbons (Fsp3) is 0.600. The molecule has 5 heteroatoms. The second kappa shape index (κ2) is 4.55. The van der Waals surface area contributed by atoms with Gasteiger partial charge >= 0.3 is 0 Å². The molecule has 0 aliphatic carbocycles. The van der Waals surface area contributed by atoms with E-state index in [1.54, 1.807) is 6.20 Å². The van der Waals surface area contributed by atoms with Crippen LogP contribution in [-0.2, 0) is 0 Å². The van der Waals surface area contributed by atoms with Crippen LogP contribution in [0.25, 0.3) is 0 Å². The topological polar surface area (TPSA) is 67.1 Å². The summed E-state index contributed by atoms with van der Waals surface area (Å²) in [6.07, 6.45) is 4.09. The summed E-state index contributed by atoms with van der Waals surface area (Å²) in [6.45, 7) is 2.28. The van der Waals surface area contributed by atoms with Crippen LogP contribution in [0, 0.1) is 0 Å². The molecule has 1 fully saturated rings. The van der Waals surface area contributed by atoms with Crippen LogP contribution in [0.1, 0.15) is 24.5 Å². The molecule has 1 aliphatic rings. The Balaban J connectivity index is 2.08. The number of nitrogen functional groups attached to an aromatic ring is 1. The summed E-state index contributed by atoms with van der Waals surface area (Å²) in [5.74, 6) is 6.35. The molecule has 0 radical (unpaired) electrons. The zero-order valence-electron chi connectivity index (χ0n) is 8.98. The van der Waals surface area contributed by atoms with Gasteiger partial charge < -0.3 is 4.90 Å². The maximum atomic E-state index is 5.29. The monoisotopic (exact) mass is 207 g/mol. The summed E-state index contributed by atoms with van der Waals surface area (Å²) in [5.41, 5.74) is 3.59. The first-order valence-electron chi connectivity index (χ1n) is 5.27. The Hall–Kier alpha value is -1.20. The lowest BCUT2D eigenvalue weighted by molar-refractivity contribution is 0.253. The average molecular weight is 207 g/mol. The number of hydrogen-bond acceptors (Lipinski definition) is 5. The van der Waals surface area contributed by atoms with Gasteiger partial charge in [-0.2, -0.15) is 0 Å². The van der Waals surface area contributed by atoms with Gasteiger partial charge in [0.25, 0.3) is 0 Å². The first-order valence-corrected chi connectivity index (χ1v) is 5.27. The molecule has 0 atom stereocenters. The lowest BCUT2D eigenvalue weighted by atomic mass is 9.94. The van der Waals surface area contributed by atoms with E-state index in [4.69, 9.17) is 5.84 Å². The van der Waals surface area contributed by atoms with Crippen molar-refractivity contribution in [2.75, 3.05) is 25.6 Å². The van der Waals surface area contributed by atoms with Crippen molar-refractivity contribution in [1.82, 2.24) is 14.9 Å². The molecule has 1 saturated heterocycles. The molecule has 2 heterocycles. The maximum absolute atomic E-state index is 5.29. The molecule has 82 valence electrons. The maximum Gasteiger partial charge on any atom is 0.237 e. The number of hydrogen-bond donors (Lipinski definition) is 2. The molecular weight excluding hydrogens is 190 g/mol. The molecule has 3 N–H and O–H groups in total. The molecule has 0 bridgehead atoms. The van der Waals surface area contributed by atoms with Gasteiger partial charge in [0.2, 0.25) is 5.95 Å². The molecule has 1 aromatic heterocycles. The van der Waals surface area contributed by atoms with Gasteiger partial charge in [-0.25, -0.2) is 15.8 Å². The minimum absolute atomic E-state index is 0.506. The van der Waals surface area contributed by atoms with Crippen LogP contribution in [0.4, 0.5) is 5.95 Å². The lowest BCUT2D eigenvalue weighted by Gasteiger charge is -2.28. The standard InChI is InChI=1S/C10H17N5/c1-15-6-3-8(4-7-15)9-2-5-12-10(13-9)14-11/h2,5,8H,3-4,6-7,11H2,1H3,(H,12,13,14). The smallest absolute Gasteiger partial charge is 0.237 e. The van der Waals surface area contributed by atoms with Crippen molar-refractivity contribution in [2.45, 2.75) is 18.8 Å². The van der Waals surface area contributed by atoms with E-state index in [0.29, 0.717) is 11.9 Å². The third kappa shape index (κ3) is 2.43. The predicted molar refractivity (Wildman–Crippen MR) is 59.3 cm³/mol. The normalized spacial score (nSPS) is 19.1. The molecule has 1 aromatic rings. The molecule has 0 spiro atoms. The molecule has 5 nitrogen and oxygen atoms in total. The van der Waals surface area contributed by atoms with Gasteiger partial charge in [0.05, 0.1) is 0 Å². The number of hydrazine groups is 1. The highest BCUT2D eigenvalue weighted by Gasteiger charge is 2.19. The van der Waals surface area contributed by atoms with E-state index < -0.39 is 0 Å². The summed E-state index contributed by atoms with van der Waals surface area (Å²) in [6, 6.07) is 1.98. The van der Waals surface area contributed by atoms with E-state index in [1.807, 2.05) is 6.07 Å². The predicted octanol–water partition coefficient (Wildman–Crippen LogP) is 0.571. The van der Waals surface area contributed by atoms with Crippen LogP contribution in [-0.4, -0.2) is 35.0 Å². The Morgan fingerprint density at radius 1 is 1.47 bits per heavy atom. The van der Waals surface area contributed by atoms with E-state index >= 15 is 0 Å². The van der Waals surface area contributed by atoms with E-state index in [2.05, 4.69) is 27.3 Å². The molecule has 1 aliphatic heterocycles. The summed E-state index contributed by atoms with van der Waals surface area (Å²) in [7, 11) is 2.16. The second-order valence-electron chi connectivity index (χ2n) is 4.03.